The van der Waals surface area contributed by atoms with E-state index in [4.69, 9.17) is 28.4 Å². The molecule has 4 atom stereocenters. The monoisotopic (exact) mass is 967 g/mol. The van der Waals surface area contributed by atoms with Crippen molar-refractivity contribution in [3.05, 3.63) is 0 Å². The molecule has 3 aliphatic carbocycles. The Bertz CT molecular complexity index is 1420. The van der Waals surface area contributed by atoms with Gasteiger partial charge >= 0.3 is 29.8 Å². The average molecular weight is 967 g/mol. The summed E-state index contributed by atoms with van der Waals surface area (Å²) in [5.74, 6) is -1.16. The van der Waals surface area contributed by atoms with Gasteiger partial charge in [0.1, 0.15) is 26.4 Å². The largest absolute Gasteiger partial charge is 0.464 e. The van der Waals surface area contributed by atoms with Crippen molar-refractivity contribution in [2.45, 2.75) is 181 Å². The van der Waals surface area contributed by atoms with Gasteiger partial charge in [0.2, 0.25) is 0 Å². The highest BCUT2D eigenvalue weighted by molar-refractivity contribution is 8.13. The first kappa shape index (κ1) is 57.9. The number of nitrogens with zero attached hydrogens (tertiary/aromatic N) is 2. The lowest BCUT2D eigenvalue weighted by molar-refractivity contribution is -0.169. The van der Waals surface area contributed by atoms with E-state index in [1.54, 1.807) is 4.90 Å². The quantitative estimate of drug-likeness (QED) is 0.0269. The topological polar surface area (TPSA) is 181 Å². The van der Waals surface area contributed by atoms with E-state index in [9.17, 15) is 33.6 Å². The van der Waals surface area contributed by atoms with Crippen LogP contribution in [-0.2, 0) is 57.2 Å². The summed E-state index contributed by atoms with van der Waals surface area (Å²) in [5, 5.41) is -0.187. The van der Waals surface area contributed by atoms with Crippen molar-refractivity contribution in [3.8, 4) is 0 Å². The summed E-state index contributed by atoms with van der Waals surface area (Å²) in [4.78, 5) is 93.3. The van der Waals surface area contributed by atoms with Gasteiger partial charge < -0.3 is 38.2 Å². The van der Waals surface area contributed by atoms with E-state index in [2.05, 4.69) is 0 Å². The van der Waals surface area contributed by atoms with Crippen molar-refractivity contribution in [1.82, 2.24) is 9.80 Å². The number of carbonyl (C=O) groups excluding carboxylic acids is 7. The van der Waals surface area contributed by atoms with Crippen LogP contribution in [0.4, 0.5) is 4.79 Å². The molecule has 384 valence electrons. The molecule has 1 amide bonds. The molecule has 3 rings (SSSR count). The Kier molecular flexibility index (Phi) is 29.4. The lowest BCUT2D eigenvalue weighted by Crippen LogP contribution is -2.34. The number of amides is 1. The fraction of sp³-hybridized carbons (Fsp3) is 0.863. The third-order valence-electron chi connectivity index (χ3n) is 13.5. The van der Waals surface area contributed by atoms with E-state index >= 15 is 0 Å². The molecular formula is C51H86N2O13S. The van der Waals surface area contributed by atoms with Gasteiger partial charge in [-0.3, -0.25) is 33.6 Å². The van der Waals surface area contributed by atoms with Crippen LogP contribution in [0.5, 0.6) is 0 Å². The molecule has 0 aromatic rings. The second kappa shape index (κ2) is 34.0. The third-order valence-corrected chi connectivity index (χ3v) is 14.5. The molecule has 0 saturated heterocycles. The van der Waals surface area contributed by atoms with E-state index in [0.717, 1.165) is 70.8 Å². The van der Waals surface area contributed by atoms with Gasteiger partial charge in [-0.25, -0.2) is 0 Å². The minimum absolute atomic E-state index is 0.0535. The summed E-state index contributed by atoms with van der Waals surface area (Å²) in [6.45, 7) is 6.04. The smallest absolute Gasteiger partial charge is 0.308 e. The molecule has 16 heteroatoms. The molecule has 0 spiro atoms. The maximum Gasteiger partial charge on any atom is 0.308 e. The molecule has 0 aliphatic heterocycles. The lowest BCUT2D eigenvalue weighted by atomic mass is 9.83. The van der Waals surface area contributed by atoms with Crippen molar-refractivity contribution in [2.24, 2.45) is 35.5 Å². The summed E-state index contributed by atoms with van der Waals surface area (Å²) in [6.07, 6.45) is 18.8. The van der Waals surface area contributed by atoms with Crippen molar-refractivity contribution >= 4 is 53.3 Å². The summed E-state index contributed by atoms with van der Waals surface area (Å²) >= 11 is 1.17. The van der Waals surface area contributed by atoms with Gasteiger partial charge in [0.25, 0.3) is 11.7 Å². The van der Waals surface area contributed by atoms with Crippen molar-refractivity contribution in [1.29, 1.82) is 0 Å². The summed E-state index contributed by atoms with van der Waals surface area (Å²) in [5.41, 5.74) is 0. The van der Waals surface area contributed by atoms with Gasteiger partial charge in [-0.05, 0) is 76.9 Å². The number of carbonyl (C=O) groups is 7. The second-order valence-corrected chi connectivity index (χ2v) is 21.0. The number of rotatable bonds is 32. The standard InChI is InChI=1S/C51H86N2O13S/c1-38(30-41-18-9-6-10-19-41)48(57)62-34-44(33-61-37-54)65-46(55)24-15-27-53(51(60)67-29-17-26-52(4)5)28-16-25-47(56)66-45(35-63-49(58)39(2)31-42-20-11-7-12-21-42)36-64-50(59)40(3)32-43-22-13-8-14-23-43/h37-45H,6-36H2,1-5H3. The van der Waals surface area contributed by atoms with Crippen LogP contribution < -0.4 is 0 Å². The first-order valence-corrected chi connectivity index (χ1v) is 26.7. The van der Waals surface area contributed by atoms with Crippen molar-refractivity contribution in [2.75, 3.05) is 65.9 Å². The minimum atomic E-state index is -0.991. The van der Waals surface area contributed by atoms with Gasteiger partial charge in [-0.15, -0.1) is 0 Å². The fourth-order valence-electron chi connectivity index (χ4n) is 9.63. The molecule has 3 saturated carbocycles. The normalized spacial score (nSPS) is 18.4. The highest BCUT2D eigenvalue weighted by Crippen LogP contribution is 2.32. The van der Waals surface area contributed by atoms with E-state index in [1.165, 1.54) is 69.5 Å². The molecule has 3 aliphatic rings. The Hall–Kier alpha value is -3.40. The summed E-state index contributed by atoms with van der Waals surface area (Å²) in [7, 11) is 3.93. The Morgan fingerprint density at radius 3 is 1.27 bits per heavy atom. The van der Waals surface area contributed by atoms with E-state index in [-0.39, 0.29) is 113 Å². The van der Waals surface area contributed by atoms with Crippen molar-refractivity contribution < 1.29 is 62.0 Å². The van der Waals surface area contributed by atoms with Crippen LogP contribution in [0, 0.1) is 35.5 Å². The fourth-order valence-corrected chi connectivity index (χ4v) is 10.4. The first-order valence-electron chi connectivity index (χ1n) is 25.7. The van der Waals surface area contributed by atoms with Crippen LogP contribution in [0.15, 0.2) is 0 Å². The van der Waals surface area contributed by atoms with Gasteiger partial charge in [-0.2, -0.15) is 0 Å². The van der Waals surface area contributed by atoms with Gasteiger partial charge in [-0.1, -0.05) is 129 Å². The first-order chi connectivity index (χ1) is 32.2. The predicted molar refractivity (Wildman–Crippen MR) is 257 cm³/mol. The molecular weight excluding hydrogens is 881 g/mol. The zero-order valence-electron chi connectivity index (χ0n) is 41.7. The molecule has 0 bridgehead atoms. The highest BCUT2D eigenvalue weighted by Gasteiger charge is 2.28. The molecule has 4 unspecified atom stereocenters. The van der Waals surface area contributed by atoms with Crippen LogP contribution in [0.25, 0.3) is 0 Å². The summed E-state index contributed by atoms with van der Waals surface area (Å²) < 4.78 is 33.0. The van der Waals surface area contributed by atoms with Gasteiger partial charge in [0, 0.05) is 31.7 Å². The van der Waals surface area contributed by atoms with Crippen molar-refractivity contribution in [3.63, 3.8) is 0 Å². The summed E-state index contributed by atoms with van der Waals surface area (Å²) in [6, 6.07) is 0. The van der Waals surface area contributed by atoms with Gasteiger partial charge in [0.05, 0.1) is 17.8 Å². The van der Waals surface area contributed by atoms with E-state index < -0.39 is 24.1 Å². The van der Waals surface area contributed by atoms with Crippen LogP contribution in [0.1, 0.15) is 168 Å². The number of hydrogen-bond acceptors (Lipinski definition) is 15. The van der Waals surface area contributed by atoms with E-state index in [0.29, 0.717) is 23.5 Å². The van der Waals surface area contributed by atoms with Crippen LogP contribution in [-0.4, -0.2) is 129 Å². The molecule has 0 aromatic heterocycles. The zero-order chi connectivity index (χ0) is 48.8. The highest BCUT2D eigenvalue weighted by atomic mass is 32.2. The Morgan fingerprint density at radius 2 is 0.910 bits per heavy atom. The molecule has 0 radical (unpaired) electrons. The molecule has 0 N–H and O–H groups in total. The number of hydrogen-bond donors (Lipinski definition) is 0. The maximum absolute atomic E-state index is 13.5. The zero-order valence-corrected chi connectivity index (χ0v) is 42.5. The minimum Gasteiger partial charge on any atom is -0.464 e. The van der Waals surface area contributed by atoms with Crippen LogP contribution in [0.2, 0.25) is 0 Å². The Labute approximate surface area is 405 Å². The number of esters is 5. The van der Waals surface area contributed by atoms with Crippen LogP contribution in [0.3, 0.4) is 0 Å². The van der Waals surface area contributed by atoms with Crippen LogP contribution >= 0.6 is 11.8 Å². The number of ether oxygens (including phenoxy) is 6. The number of thioether (sulfide) groups is 1. The van der Waals surface area contributed by atoms with E-state index in [1.807, 2.05) is 39.8 Å². The lowest BCUT2D eigenvalue weighted by Gasteiger charge is -2.25. The Morgan fingerprint density at radius 1 is 0.537 bits per heavy atom. The van der Waals surface area contributed by atoms with Gasteiger partial charge in [0.15, 0.2) is 12.2 Å². The third kappa shape index (κ3) is 25.7. The predicted octanol–water partition coefficient (Wildman–Crippen LogP) is 9.10. The molecule has 0 aromatic carbocycles. The second-order valence-electron chi connectivity index (χ2n) is 19.9. The SMILES string of the molecule is CC(CC1CCCCC1)C(=O)OCC(COC=O)OC(=O)CCCN(CCCC(=O)OC(COC(=O)C(C)CC1CCCCC1)COC(=O)C(C)CC1CCCCC1)C(=O)SCCCN(C)C. The maximum atomic E-state index is 13.5. The molecule has 67 heavy (non-hydrogen) atoms. The molecule has 15 nitrogen and oxygen atoms in total. The Balaban J connectivity index is 1.54. The molecule has 3 fully saturated rings. The average Bonchev–Trinajstić information content (AvgIpc) is 3.31. The molecule has 0 heterocycles.